The number of sulfonamides is 1. The number of amides is 2. The molecule has 132 valence electrons. The van der Waals surface area contributed by atoms with Crippen molar-refractivity contribution in [2.45, 2.75) is 23.8 Å². The zero-order valence-electron chi connectivity index (χ0n) is 14.0. The Morgan fingerprint density at radius 1 is 1.21 bits per heavy atom. The van der Waals surface area contributed by atoms with Crippen LogP contribution in [0.2, 0.25) is 0 Å². The van der Waals surface area contributed by atoms with Gasteiger partial charge in [0.05, 0.1) is 0 Å². The molecule has 2 heterocycles. The van der Waals surface area contributed by atoms with Gasteiger partial charge in [0.15, 0.2) is 0 Å². The number of carbonyl (C=O) groups excluding carboxylic acids is 1. The van der Waals surface area contributed by atoms with Crippen LogP contribution in [0.5, 0.6) is 0 Å². The molecule has 9 heteroatoms. The van der Waals surface area contributed by atoms with Gasteiger partial charge in [0.1, 0.15) is 10.7 Å². The summed E-state index contributed by atoms with van der Waals surface area (Å²) in [4.78, 5) is 20.6. The molecular formula is C15H23N5O3S. The van der Waals surface area contributed by atoms with Crippen molar-refractivity contribution in [3.05, 3.63) is 18.3 Å². The molecule has 1 aromatic rings. The third-order valence-electron chi connectivity index (χ3n) is 4.41. The third-order valence-corrected chi connectivity index (χ3v) is 6.21. The molecule has 0 radical (unpaired) electrons. The smallest absolute Gasteiger partial charge is 0.322 e. The van der Waals surface area contributed by atoms with Crippen molar-refractivity contribution in [2.24, 2.45) is 0 Å². The second-order valence-corrected chi connectivity index (χ2v) is 8.50. The fourth-order valence-corrected chi connectivity index (χ4v) is 3.58. The summed E-state index contributed by atoms with van der Waals surface area (Å²) < 4.78 is 25.1. The highest BCUT2D eigenvalue weighted by molar-refractivity contribution is 7.89. The van der Waals surface area contributed by atoms with Crippen LogP contribution in [0.3, 0.4) is 0 Å². The average Bonchev–Trinajstić information content (AvgIpc) is 3.40. The van der Waals surface area contributed by atoms with Crippen molar-refractivity contribution in [3.63, 3.8) is 0 Å². The Morgan fingerprint density at radius 3 is 2.38 bits per heavy atom. The number of aromatic nitrogens is 1. The van der Waals surface area contributed by atoms with Crippen LogP contribution >= 0.6 is 0 Å². The lowest BCUT2D eigenvalue weighted by Crippen LogP contribution is -2.50. The predicted octanol–water partition coefficient (Wildman–Crippen LogP) is 0.644. The van der Waals surface area contributed by atoms with E-state index in [2.05, 4.69) is 15.2 Å². The van der Waals surface area contributed by atoms with E-state index in [-0.39, 0.29) is 10.9 Å². The van der Waals surface area contributed by atoms with Crippen LogP contribution in [0.25, 0.3) is 0 Å². The molecule has 3 rings (SSSR count). The molecule has 0 aromatic carbocycles. The van der Waals surface area contributed by atoms with Crippen molar-refractivity contribution < 1.29 is 13.2 Å². The van der Waals surface area contributed by atoms with Crippen LogP contribution < -0.4 is 5.32 Å². The second-order valence-electron chi connectivity index (χ2n) is 6.35. The molecule has 2 aliphatic rings. The maximum Gasteiger partial charge on any atom is 0.323 e. The molecule has 2 fully saturated rings. The average molecular weight is 353 g/mol. The molecule has 24 heavy (non-hydrogen) atoms. The highest BCUT2D eigenvalue weighted by Gasteiger charge is 2.32. The monoisotopic (exact) mass is 353 g/mol. The maximum atomic E-state index is 12.3. The molecule has 1 saturated carbocycles. The van der Waals surface area contributed by atoms with Crippen LogP contribution in [0.1, 0.15) is 12.8 Å². The van der Waals surface area contributed by atoms with Gasteiger partial charge in [-0.3, -0.25) is 10.2 Å². The Bertz CT molecular complexity index is 692. The number of nitrogens with zero attached hydrogens (tertiary/aromatic N) is 4. The Hall–Kier alpha value is -1.71. The molecule has 1 aliphatic heterocycles. The van der Waals surface area contributed by atoms with E-state index in [1.165, 1.54) is 45.3 Å². The zero-order chi connectivity index (χ0) is 17.3. The van der Waals surface area contributed by atoms with Crippen LogP contribution in [-0.2, 0) is 10.0 Å². The van der Waals surface area contributed by atoms with Gasteiger partial charge in [0.25, 0.3) is 0 Å². The topological polar surface area (TPSA) is 85.8 Å². The van der Waals surface area contributed by atoms with Gasteiger partial charge in [-0.1, -0.05) is 0 Å². The van der Waals surface area contributed by atoms with Gasteiger partial charge in [0, 0.05) is 52.5 Å². The van der Waals surface area contributed by atoms with Gasteiger partial charge >= 0.3 is 6.03 Å². The van der Waals surface area contributed by atoms with E-state index in [9.17, 15) is 13.2 Å². The molecule has 1 N–H and O–H groups in total. The second kappa shape index (κ2) is 6.66. The molecule has 1 aliphatic carbocycles. The van der Waals surface area contributed by atoms with E-state index in [0.717, 1.165) is 23.4 Å². The summed E-state index contributed by atoms with van der Waals surface area (Å²) in [6.45, 7) is 3.22. The lowest BCUT2D eigenvalue weighted by Gasteiger charge is -2.34. The normalized spacial score (nSPS) is 19.5. The number of hydrogen-bond donors (Lipinski definition) is 1. The molecule has 0 spiro atoms. The van der Waals surface area contributed by atoms with Crippen molar-refractivity contribution in [1.29, 1.82) is 0 Å². The van der Waals surface area contributed by atoms with E-state index in [0.29, 0.717) is 18.9 Å². The van der Waals surface area contributed by atoms with Crippen LogP contribution in [0.4, 0.5) is 10.6 Å². The quantitative estimate of drug-likeness (QED) is 0.859. The SMILES string of the molecule is CN(C)S(=O)(=O)c1ccc(NC(=O)N2CCN(C3CC3)CC2)nc1. The number of rotatable bonds is 4. The van der Waals surface area contributed by atoms with Crippen LogP contribution in [0.15, 0.2) is 23.2 Å². The molecule has 0 bridgehead atoms. The molecule has 0 atom stereocenters. The number of carbonyl (C=O) groups is 1. The minimum Gasteiger partial charge on any atom is -0.322 e. The van der Waals surface area contributed by atoms with Gasteiger partial charge in [-0.2, -0.15) is 0 Å². The number of pyridine rings is 1. The Kier molecular flexibility index (Phi) is 4.75. The summed E-state index contributed by atoms with van der Waals surface area (Å²) >= 11 is 0. The molecular weight excluding hydrogens is 330 g/mol. The van der Waals surface area contributed by atoms with E-state index < -0.39 is 10.0 Å². The summed E-state index contributed by atoms with van der Waals surface area (Å²) in [6.07, 6.45) is 3.81. The molecule has 0 unspecified atom stereocenters. The summed E-state index contributed by atoms with van der Waals surface area (Å²) in [5, 5.41) is 2.73. The minimum absolute atomic E-state index is 0.101. The van der Waals surface area contributed by atoms with Crippen molar-refractivity contribution in [3.8, 4) is 0 Å². The molecule has 8 nitrogen and oxygen atoms in total. The number of hydrogen-bond acceptors (Lipinski definition) is 5. The summed E-state index contributed by atoms with van der Waals surface area (Å²) in [7, 11) is -0.580. The largest absolute Gasteiger partial charge is 0.323 e. The summed E-state index contributed by atoms with van der Waals surface area (Å²) in [5.74, 6) is 0.349. The summed E-state index contributed by atoms with van der Waals surface area (Å²) in [6, 6.07) is 3.49. The first-order valence-electron chi connectivity index (χ1n) is 8.06. The molecule has 1 aromatic heterocycles. The highest BCUT2D eigenvalue weighted by Crippen LogP contribution is 2.27. The van der Waals surface area contributed by atoms with E-state index >= 15 is 0 Å². The number of urea groups is 1. The number of anilines is 1. The minimum atomic E-state index is -3.51. The number of piperazine rings is 1. The van der Waals surface area contributed by atoms with Gasteiger partial charge < -0.3 is 4.90 Å². The van der Waals surface area contributed by atoms with Gasteiger partial charge in [-0.25, -0.2) is 22.5 Å². The van der Waals surface area contributed by atoms with Crippen molar-refractivity contribution in [2.75, 3.05) is 45.6 Å². The Morgan fingerprint density at radius 2 is 1.88 bits per heavy atom. The van der Waals surface area contributed by atoms with E-state index in [1.54, 1.807) is 4.90 Å². The standard InChI is InChI=1S/C15H23N5O3S/c1-18(2)24(22,23)13-5-6-14(16-11-13)17-15(21)20-9-7-19(8-10-20)12-3-4-12/h5-6,11-12H,3-4,7-10H2,1-2H3,(H,16,17,21). The van der Waals surface area contributed by atoms with Crippen molar-refractivity contribution >= 4 is 21.9 Å². The summed E-state index contributed by atoms with van der Waals surface area (Å²) in [5.41, 5.74) is 0. The Balaban J connectivity index is 1.57. The van der Waals surface area contributed by atoms with E-state index in [1.807, 2.05) is 0 Å². The lowest BCUT2D eigenvalue weighted by atomic mass is 10.3. The van der Waals surface area contributed by atoms with Crippen molar-refractivity contribution in [1.82, 2.24) is 19.1 Å². The molecule has 1 saturated heterocycles. The van der Waals surface area contributed by atoms with Crippen LogP contribution in [-0.4, -0.2) is 79.9 Å². The molecule has 2 amide bonds. The fraction of sp³-hybridized carbons (Fsp3) is 0.600. The van der Waals surface area contributed by atoms with Gasteiger partial charge in [-0.05, 0) is 25.0 Å². The first kappa shape index (κ1) is 17.1. The predicted molar refractivity (Wildman–Crippen MR) is 90.3 cm³/mol. The van der Waals surface area contributed by atoms with Gasteiger partial charge in [-0.15, -0.1) is 0 Å². The first-order chi connectivity index (χ1) is 11.4. The number of nitrogens with one attached hydrogen (secondary N) is 1. The van der Waals surface area contributed by atoms with Gasteiger partial charge in [0.2, 0.25) is 10.0 Å². The zero-order valence-corrected chi connectivity index (χ0v) is 14.8. The van der Waals surface area contributed by atoms with Crippen LogP contribution in [0, 0.1) is 0 Å². The third kappa shape index (κ3) is 3.68. The maximum absolute atomic E-state index is 12.3. The van der Waals surface area contributed by atoms with E-state index in [4.69, 9.17) is 0 Å². The fourth-order valence-electron chi connectivity index (χ4n) is 2.74. The first-order valence-corrected chi connectivity index (χ1v) is 9.50. The lowest BCUT2D eigenvalue weighted by molar-refractivity contribution is 0.142. The Labute approximate surface area is 142 Å². The highest BCUT2D eigenvalue weighted by atomic mass is 32.2.